The van der Waals surface area contributed by atoms with E-state index in [0.29, 0.717) is 6.61 Å². The van der Waals surface area contributed by atoms with Gasteiger partial charge in [0, 0.05) is 0 Å². The van der Waals surface area contributed by atoms with E-state index < -0.39 is 0 Å². The van der Waals surface area contributed by atoms with Gasteiger partial charge in [-0.05, 0) is 42.3 Å². The number of benzene rings is 2. The molecular formula is C15H17FN2O. The van der Waals surface area contributed by atoms with Gasteiger partial charge in [-0.25, -0.2) is 9.82 Å². The van der Waals surface area contributed by atoms with E-state index in [1.54, 1.807) is 6.07 Å². The topological polar surface area (TPSA) is 47.3 Å². The lowest BCUT2D eigenvalue weighted by atomic mass is 9.99. The van der Waals surface area contributed by atoms with Crippen LogP contribution in [0.25, 0.3) is 0 Å². The van der Waals surface area contributed by atoms with Crippen molar-refractivity contribution >= 4 is 0 Å². The van der Waals surface area contributed by atoms with Crippen molar-refractivity contribution in [2.24, 2.45) is 5.84 Å². The van der Waals surface area contributed by atoms with Gasteiger partial charge in [0.2, 0.25) is 0 Å². The minimum Gasteiger partial charge on any atom is -0.494 e. The molecule has 0 aliphatic carbocycles. The van der Waals surface area contributed by atoms with Crippen LogP contribution in [0.4, 0.5) is 4.39 Å². The lowest BCUT2D eigenvalue weighted by molar-refractivity contribution is 0.339. The van der Waals surface area contributed by atoms with Gasteiger partial charge < -0.3 is 4.74 Å². The molecule has 0 saturated heterocycles. The fourth-order valence-corrected chi connectivity index (χ4v) is 2.02. The quantitative estimate of drug-likeness (QED) is 0.642. The summed E-state index contributed by atoms with van der Waals surface area (Å²) in [5.74, 6) is 6.09. The average molecular weight is 260 g/mol. The largest absolute Gasteiger partial charge is 0.494 e. The predicted molar refractivity (Wildman–Crippen MR) is 73.2 cm³/mol. The maximum Gasteiger partial charge on any atom is 0.123 e. The summed E-state index contributed by atoms with van der Waals surface area (Å²) in [6.45, 7) is 2.53. The van der Waals surface area contributed by atoms with Gasteiger partial charge in [0.15, 0.2) is 0 Å². The molecule has 2 aromatic carbocycles. The Morgan fingerprint density at radius 2 is 1.84 bits per heavy atom. The number of halogens is 1. The van der Waals surface area contributed by atoms with Gasteiger partial charge in [-0.3, -0.25) is 5.84 Å². The van der Waals surface area contributed by atoms with Crippen LogP contribution in [0.15, 0.2) is 48.5 Å². The summed E-state index contributed by atoms with van der Waals surface area (Å²) in [6, 6.07) is 13.7. The number of nitrogens with one attached hydrogen (secondary N) is 1. The van der Waals surface area contributed by atoms with Crippen molar-refractivity contribution in [2.45, 2.75) is 13.0 Å². The number of nitrogens with two attached hydrogens (primary N) is 1. The number of ether oxygens (including phenoxy) is 1. The first kappa shape index (κ1) is 13.5. The van der Waals surface area contributed by atoms with E-state index in [2.05, 4.69) is 5.43 Å². The second-order valence-electron chi connectivity index (χ2n) is 4.16. The lowest BCUT2D eigenvalue weighted by Gasteiger charge is -2.17. The van der Waals surface area contributed by atoms with E-state index in [1.165, 1.54) is 12.1 Å². The fraction of sp³-hybridized carbons (Fsp3) is 0.200. The smallest absolute Gasteiger partial charge is 0.123 e. The zero-order valence-electron chi connectivity index (χ0n) is 10.8. The molecule has 3 nitrogen and oxygen atoms in total. The minimum absolute atomic E-state index is 0.267. The summed E-state index contributed by atoms with van der Waals surface area (Å²) in [7, 11) is 0. The van der Waals surface area contributed by atoms with E-state index in [-0.39, 0.29) is 11.9 Å². The molecule has 3 N–H and O–H groups in total. The molecule has 0 aliphatic heterocycles. The first-order valence-corrected chi connectivity index (χ1v) is 6.19. The molecule has 1 atom stereocenters. The van der Waals surface area contributed by atoms with Crippen LogP contribution in [-0.4, -0.2) is 6.61 Å². The summed E-state index contributed by atoms with van der Waals surface area (Å²) in [4.78, 5) is 0. The second-order valence-corrected chi connectivity index (χ2v) is 4.16. The van der Waals surface area contributed by atoms with Gasteiger partial charge in [-0.1, -0.05) is 24.3 Å². The van der Waals surface area contributed by atoms with Gasteiger partial charge in [0.25, 0.3) is 0 Å². The molecule has 19 heavy (non-hydrogen) atoms. The molecule has 0 spiro atoms. The SMILES string of the molecule is CCOc1cccc(C(NN)c2cccc(F)c2)c1. The van der Waals surface area contributed by atoms with Gasteiger partial charge >= 0.3 is 0 Å². The van der Waals surface area contributed by atoms with Crippen molar-refractivity contribution in [2.75, 3.05) is 6.61 Å². The average Bonchev–Trinajstić information content (AvgIpc) is 2.41. The second kappa shape index (κ2) is 6.31. The normalized spacial score (nSPS) is 12.2. The Hall–Kier alpha value is -1.91. The fourth-order valence-electron chi connectivity index (χ4n) is 2.02. The van der Waals surface area contributed by atoms with Crippen molar-refractivity contribution in [1.29, 1.82) is 0 Å². The van der Waals surface area contributed by atoms with Crippen molar-refractivity contribution in [3.63, 3.8) is 0 Å². The van der Waals surface area contributed by atoms with E-state index >= 15 is 0 Å². The molecule has 0 aliphatic rings. The lowest BCUT2D eigenvalue weighted by Crippen LogP contribution is -2.28. The van der Waals surface area contributed by atoms with Crippen LogP contribution in [0.3, 0.4) is 0 Å². The molecule has 0 radical (unpaired) electrons. The molecule has 2 aromatic rings. The van der Waals surface area contributed by atoms with Crippen LogP contribution >= 0.6 is 0 Å². The third-order valence-corrected chi connectivity index (χ3v) is 2.85. The first-order valence-electron chi connectivity index (χ1n) is 6.19. The summed E-state index contributed by atoms with van der Waals surface area (Å²) < 4.78 is 18.7. The Morgan fingerprint density at radius 3 is 2.47 bits per heavy atom. The summed E-state index contributed by atoms with van der Waals surface area (Å²) >= 11 is 0. The van der Waals surface area contributed by atoms with Crippen LogP contribution in [-0.2, 0) is 0 Å². The third-order valence-electron chi connectivity index (χ3n) is 2.85. The molecule has 0 amide bonds. The highest BCUT2D eigenvalue weighted by atomic mass is 19.1. The zero-order chi connectivity index (χ0) is 13.7. The Labute approximate surface area is 112 Å². The maximum absolute atomic E-state index is 13.3. The molecular weight excluding hydrogens is 243 g/mol. The van der Waals surface area contributed by atoms with Gasteiger partial charge in [0.1, 0.15) is 11.6 Å². The molecule has 0 saturated carbocycles. The maximum atomic E-state index is 13.3. The Balaban J connectivity index is 2.33. The van der Waals surface area contributed by atoms with Gasteiger partial charge in [-0.2, -0.15) is 0 Å². The molecule has 0 bridgehead atoms. The van der Waals surface area contributed by atoms with E-state index in [4.69, 9.17) is 10.6 Å². The number of rotatable bonds is 5. The number of hydrogen-bond acceptors (Lipinski definition) is 3. The summed E-state index contributed by atoms with van der Waals surface area (Å²) in [6.07, 6.45) is 0. The number of hydrazine groups is 1. The van der Waals surface area contributed by atoms with E-state index in [9.17, 15) is 4.39 Å². The Morgan fingerprint density at radius 1 is 1.16 bits per heavy atom. The molecule has 1 unspecified atom stereocenters. The van der Waals surface area contributed by atoms with Crippen LogP contribution in [0.1, 0.15) is 24.1 Å². The van der Waals surface area contributed by atoms with Gasteiger partial charge in [-0.15, -0.1) is 0 Å². The molecule has 0 fully saturated rings. The van der Waals surface area contributed by atoms with Crippen molar-refractivity contribution < 1.29 is 9.13 Å². The van der Waals surface area contributed by atoms with Crippen molar-refractivity contribution in [1.82, 2.24) is 5.43 Å². The van der Waals surface area contributed by atoms with Crippen molar-refractivity contribution in [3.05, 3.63) is 65.5 Å². The summed E-state index contributed by atoms with van der Waals surface area (Å²) in [5, 5.41) is 0. The first-order chi connectivity index (χ1) is 9.24. The van der Waals surface area contributed by atoms with Crippen LogP contribution in [0.2, 0.25) is 0 Å². The third kappa shape index (κ3) is 3.30. The molecule has 2 rings (SSSR count). The minimum atomic E-state index is -0.279. The number of hydrogen-bond donors (Lipinski definition) is 2. The van der Waals surface area contributed by atoms with Gasteiger partial charge in [0.05, 0.1) is 12.6 Å². The highest BCUT2D eigenvalue weighted by Gasteiger charge is 2.13. The van der Waals surface area contributed by atoms with Crippen LogP contribution < -0.4 is 16.0 Å². The van der Waals surface area contributed by atoms with Crippen LogP contribution in [0, 0.1) is 5.82 Å². The molecule has 0 aromatic heterocycles. The van der Waals surface area contributed by atoms with Crippen molar-refractivity contribution in [3.8, 4) is 5.75 Å². The highest BCUT2D eigenvalue weighted by molar-refractivity contribution is 5.36. The summed E-state index contributed by atoms with van der Waals surface area (Å²) in [5.41, 5.74) is 4.41. The van der Waals surface area contributed by atoms with E-state index in [1.807, 2.05) is 37.3 Å². The molecule has 100 valence electrons. The predicted octanol–water partition coefficient (Wildman–Crippen LogP) is 2.78. The standard InChI is InChI=1S/C15H17FN2O/c1-2-19-14-8-4-6-12(10-14)15(18-17)11-5-3-7-13(16)9-11/h3-10,15,18H,2,17H2,1H3. The van der Waals surface area contributed by atoms with E-state index in [0.717, 1.165) is 16.9 Å². The van der Waals surface area contributed by atoms with Crippen LogP contribution in [0.5, 0.6) is 5.75 Å². The zero-order valence-corrected chi connectivity index (χ0v) is 10.8. The molecule has 0 heterocycles. The monoisotopic (exact) mass is 260 g/mol. The Bertz CT molecular complexity index is 545. The Kier molecular flexibility index (Phi) is 4.49. The molecule has 4 heteroatoms. The highest BCUT2D eigenvalue weighted by Crippen LogP contribution is 2.25.